The largest absolute Gasteiger partial charge is 0.497 e. The molecule has 17 heavy (non-hydrogen) atoms. The second-order valence-electron chi connectivity index (χ2n) is 3.53. The molecule has 0 atom stereocenters. The molecule has 0 fully saturated rings. The molecule has 1 aromatic heterocycles. The average Bonchev–Trinajstić information content (AvgIpc) is 2.85. The molecule has 3 nitrogen and oxygen atoms in total. The van der Waals surface area contributed by atoms with Crippen molar-refractivity contribution in [2.75, 3.05) is 7.11 Å². The van der Waals surface area contributed by atoms with Crippen LogP contribution < -0.4 is 4.74 Å². The van der Waals surface area contributed by atoms with Gasteiger partial charge in [0.2, 0.25) is 0 Å². The van der Waals surface area contributed by atoms with Crippen LogP contribution in [0.5, 0.6) is 5.75 Å². The van der Waals surface area contributed by atoms with Crippen molar-refractivity contribution >= 4 is 11.3 Å². The number of thiazole rings is 1. The Kier molecular flexibility index (Phi) is 3.73. The highest BCUT2D eigenvalue weighted by molar-refractivity contribution is 7.13. The molecule has 0 unspecified atom stereocenters. The molecule has 0 saturated heterocycles. The molecule has 0 aliphatic heterocycles. The second kappa shape index (κ2) is 5.46. The van der Waals surface area contributed by atoms with E-state index in [9.17, 15) is 0 Å². The summed E-state index contributed by atoms with van der Waals surface area (Å²) < 4.78 is 5.18. The Hall–Kier alpha value is -1.86. The van der Waals surface area contributed by atoms with E-state index in [0.717, 1.165) is 28.4 Å². The van der Waals surface area contributed by atoms with Gasteiger partial charge in [-0.1, -0.05) is 12.1 Å². The fourth-order valence-electron chi connectivity index (χ4n) is 1.49. The lowest BCUT2D eigenvalue weighted by molar-refractivity contribution is 0.415. The molecule has 0 spiro atoms. The summed E-state index contributed by atoms with van der Waals surface area (Å²) in [5.41, 5.74) is 2.03. The highest BCUT2D eigenvalue weighted by Crippen LogP contribution is 2.27. The summed E-state index contributed by atoms with van der Waals surface area (Å²) in [6.45, 7) is 0. The van der Waals surface area contributed by atoms with Gasteiger partial charge in [0.15, 0.2) is 0 Å². The third-order valence-corrected chi connectivity index (χ3v) is 3.30. The summed E-state index contributed by atoms with van der Waals surface area (Å²) in [6, 6.07) is 9.96. The molecule has 86 valence electrons. The van der Waals surface area contributed by atoms with Crippen molar-refractivity contribution < 1.29 is 4.74 Å². The van der Waals surface area contributed by atoms with Crippen molar-refractivity contribution in [3.63, 3.8) is 0 Å². The van der Waals surface area contributed by atoms with Gasteiger partial charge in [-0.15, -0.1) is 11.3 Å². The first-order valence-corrected chi connectivity index (χ1v) is 6.17. The van der Waals surface area contributed by atoms with Crippen molar-refractivity contribution in [1.29, 1.82) is 5.26 Å². The number of nitrogens with zero attached hydrogens (tertiary/aromatic N) is 2. The van der Waals surface area contributed by atoms with Crippen molar-refractivity contribution in [3.05, 3.63) is 35.3 Å². The van der Waals surface area contributed by atoms with E-state index in [1.807, 2.05) is 29.6 Å². The van der Waals surface area contributed by atoms with Crippen LogP contribution in [0.3, 0.4) is 0 Å². The summed E-state index contributed by atoms with van der Waals surface area (Å²) in [7, 11) is 1.65. The molecular weight excluding hydrogens is 232 g/mol. The molecule has 0 aliphatic carbocycles. The Morgan fingerprint density at radius 1 is 1.47 bits per heavy atom. The van der Waals surface area contributed by atoms with E-state index in [1.54, 1.807) is 18.4 Å². The second-order valence-corrected chi connectivity index (χ2v) is 4.39. The molecular formula is C13H12N2OS. The third-order valence-electron chi connectivity index (χ3n) is 2.36. The Bertz CT molecular complexity index is 542. The van der Waals surface area contributed by atoms with Crippen LogP contribution >= 0.6 is 11.3 Å². The van der Waals surface area contributed by atoms with Crippen LogP contribution in [-0.4, -0.2) is 12.1 Å². The van der Waals surface area contributed by atoms with Crippen molar-refractivity contribution in [2.24, 2.45) is 0 Å². The van der Waals surface area contributed by atoms with Gasteiger partial charge in [0, 0.05) is 23.8 Å². The van der Waals surface area contributed by atoms with E-state index >= 15 is 0 Å². The number of methoxy groups -OCH3 is 1. The monoisotopic (exact) mass is 244 g/mol. The zero-order chi connectivity index (χ0) is 12.1. The fraction of sp³-hybridized carbons (Fsp3) is 0.231. The number of aromatic nitrogens is 1. The highest BCUT2D eigenvalue weighted by atomic mass is 32.1. The van der Waals surface area contributed by atoms with Gasteiger partial charge >= 0.3 is 0 Å². The van der Waals surface area contributed by atoms with E-state index in [-0.39, 0.29) is 0 Å². The van der Waals surface area contributed by atoms with Gasteiger partial charge in [0.25, 0.3) is 0 Å². The zero-order valence-corrected chi connectivity index (χ0v) is 10.3. The Balaban J connectivity index is 2.21. The summed E-state index contributed by atoms with van der Waals surface area (Å²) in [5, 5.41) is 11.5. The molecule has 0 N–H and O–H groups in total. The predicted octanol–water partition coefficient (Wildman–Crippen LogP) is 3.27. The number of hydrogen-bond acceptors (Lipinski definition) is 4. The van der Waals surface area contributed by atoms with Crippen LogP contribution in [0.15, 0.2) is 29.6 Å². The summed E-state index contributed by atoms with van der Waals surface area (Å²) >= 11 is 1.60. The Morgan fingerprint density at radius 2 is 2.35 bits per heavy atom. The first kappa shape index (κ1) is 11.6. The SMILES string of the molecule is COc1cccc(-c2nc(CCC#N)cs2)c1. The maximum absolute atomic E-state index is 8.53. The van der Waals surface area contributed by atoms with Gasteiger partial charge in [0.05, 0.1) is 18.9 Å². The molecule has 0 bridgehead atoms. The van der Waals surface area contributed by atoms with Crippen LogP contribution in [-0.2, 0) is 6.42 Å². The summed E-state index contributed by atoms with van der Waals surface area (Å²) in [5.74, 6) is 0.830. The minimum atomic E-state index is 0.515. The number of benzene rings is 1. The van der Waals surface area contributed by atoms with Crippen molar-refractivity contribution in [3.8, 4) is 22.4 Å². The lowest BCUT2D eigenvalue weighted by atomic mass is 10.2. The predicted molar refractivity (Wildman–Crippen MR) is 68.0 cm³/mol. The van der Waals surface area contributed by atoms with Crippen LogP contribution in [0.2, 0.25) is 0 Å². The molecule has 4 heteroatoms. The average molecular weight is 244 g/mol. The summed E-state index contributed by atoms with van der Waals surface area (Å²) in [4.78, 5) is 4.51. The number of aryl methyl sites for hydroxylation is 1. The number of ether oxygens (including phenoxy) is 1. The quantitative estimate of drug-likeness (QED) is 0.829. The smallest absolute Gasteiger partial charge is 0.123 e. The maximum atomic E-state index is 8.53. The minimum Gasteiger partial charge on any atom is -0.497 e. The molecule has 0 amide bonds. The molecule has 0 aliphatic rings. The number of nitriles is 1. The first-order valence-electron chi connectivity index (χ1n) is 5.29. The van der Waals surface area contributed by atoms with Gasteiger partial charge < -0.3 is 4.74 Å². The zero-order valence-electron chi connectivity index (χ0n) is 9.51. The van der Waals surface area contributed by atoms with Crippen LogP contribution in [0, 0.1) is 11.3 Å². The normalized spacial score (nSPS) is 9.88. The lowest BCUT2D eigenvalue weighted by Gasteiger charge is -2.01. The van der Waals surface area contributed by atoms with E-state index < -0.39 is 0 Å². The minimum absolute atomic E-state index is 0.515. The van der Waals surface area contributed by atoms with Crippen LogP contribution in [0.1, 0.15) is 12.1 Å². The van der Waals surface area contributed by atoms with Crippen molar-refractivity contribution in [1.82, 2.24) is 4.98 Å². The molecule has 2 rings (SSSR count). The lowest BCUT2D eigenvalue weighted by Crippen LogP contribution is -1.85. The molecule has 0 radical (unpaired) electrons. The topological polar surface area (TPSA) is 45.9 Å². The number of hydrogen-bond donors (Lipinski definition) is 0. The summed E-state index contributed by atoms with van der Waals surface area (Å²) in [6.07, 6.45) is 1.23. The van der Waals surface area contributed by atoms with Crippen molar-refractivity contribution in [2.45, 2.75) is 12.8 Å². The van der Waals surface area contributed by atoms with E-state index in [4.69, 9.17) is 10.00 Å². The highest BCUT2D eigenvalue weighted by Gasteiger charge is 2.05. The number of rotatable bonds is 4. The van der Waals surface area contributed by atoms with E-state index in [0.29, 0.717) is 6.42 Å². The fourth-order valence-corrected chi connectivity index (χ4v) is 2.35. The van der Waals surface area contributed by atoms with Gasteiger partial charge in [-0.2, -0.15) is 5.26 Å². The van der Waals surface area contributed by atoms with Gasteiger partial charge in [0.1, 0.15) is 10.8 Å². The Labute approximate surface area is 104 Å². The molecule has 2 aromatic rings. The van der Waals surface area contributed by atoms with Crippen LogP contribution in [0.4, 0.5) is 0 Å². The van der Waals surface area contributed by atoms with Gasteiger partial charge in [-0.25, -0.2) is 4.98 Å². The first-order chi connectivity index (χ1) is 8.33. The molecule has 1 heterocycles. The Morgan fingerprint density at radius 3 is 3.12 bits per heavy atom. The van der Waals surface area contributed by atoms with Gasteiger partial charge in [-0.05, 0) is 12.1 Å². The maximum Gasteiger partial charge on any atom is 0.123 e. The third kappa shape index (κ3) is 2.83. The molecule has 0 saturated carbocycles. The standard InChI is InChI=1S/C13H12N2OS/c1-16-12-6-2-4-10(8-12)13-15-11(9-17-13)5-3-7-14/h2,4,6,8-9H,3,5H2,1H3. The van der Waals surface area contributed by atoms with Crippen LogP contribution in [0.25, 0.3) is 10.6 Å². The van der Waals surface area contributed by atoms with E-state index in [1.165, 1.54) is 0 Å². The van der Waals surface area contributed by atoms with Gasteiger partial charge in [-0.3, -0.25) is 0 Å². The molecule has 1 aromatic carbocycles. The van der Waals surface area contributed by atoms with E-state index in [2.05, 4.69) is 11.1 Å².